The van der Waals surface area contributed by atoms with E-state index in [1.165, 1.54) is 0 Å². The van der Waals surface area contributed by atoms with Crippen LogP contribution in [0.4, 0.5) is 0 Å². The van der Waals surface area contributed by atoms with E-state index in [2.05, 4.69) is 0 Å². The van der Waals surface area contributed by atoms with E-state index in [9.17, 15) is 0 Å². The molecular weight excluding hydrogens is 234 g/mol. The summed E-state index contributed by atoms with van der Waals surface area (Å²) < 4.78 is 21.5. The highest BCUT2D eigenvalue weighted by molar-refractivity contribution is 5.42. The summed E-state index contributed by atoms with van der Waals surface area (Å²) in [4.78, 5) is 0. The van der Waals surface area contributed by atoms with Crippen molar-refractivity contribution in [1.82, 2.24) is 0 Å². The van der Waals surface area contributed by atoms with Gasteiger partial charge in [-0.15, -0.1) is 0 Å². The molecule has 1 aliphatic heterocycles. The van der Waals surface area contributed by atoms with E-state index in [1.54, 1.807) is 14.2 Å². The van der Waals surface area contributed by atoms with Crippen molar-refractivity contribution in [2.75, 3.05) is 34.0 Å². The Balaban J connectivity index is 2.20. The molecule has 0 saturated carbocycles. The molecular formula is C13H19NO4. The van der Waals surface area contributed by atoms with E-state index < -0.39 is 0 Å². The highest BCUT2D eigenvalue weighted by atomic mass is 16.6. The average molecular weight is 253 g/mol. The molecule has 0 spiro atoms. The van der Waals surface area contributed by atoms with Crippen LogP contribution in [-0.4, -0.2) is 40.1 Å². The second-order valence-corrected chi connectivity index (χ2v) is 4.12. The van der Waals surface area contributed by atoms with Gasteiger partial charge in [-0.05, 0) is 12.1 Å². The topological polar surface area (TPSA) is 62.9 Å². The first-order valence-electron chi connectivity index (χ1n) is 5.93. The SMILES string of the molecule is COc1ccc(C(N)C2COCCO2)c(OC)c1. The van der Waals surface area contributed by atoms with Gasteiger partial charge < -0.3 is 24.7 Å². The van der Waals surface area contributed by atoms with Crippen LogP contribution >= 0.6 is 0 Å². The Morgan fingerprint density at radius 1 is 1.28 bits per heavy atom. The van der Waals surface area contributed by atoms with Crippen molar-refractivity contribution in [3.8, 4) is 11.5 Å². The molecule has 5 heteroatoms. The van der Waals surface area contributed by atoms with Crippen LogP contribution in [0, 0.1) is 0 Å². The predicted octanol–water partition coefficient (Wildman–Crippen LogP) is 1.12. The minimum absolute atomic E-state index is 0.138. The smallest absolute Gasteiger partial charge is 0.127 e. The van der Waals surface area contributed by atoms with Crippen molar-refractivity contribution < 1.29 is 18.9 Å². The van der Waals surface area contributed by atoms with Crippen molar-refractivity contribution in [1.29, 1.82) is 0 Å². The van der Waals surface area contributed by atoms with Gasteiger partial charge in [0.2, 0.25) is 0 Å². The lowest BCUT2D eigenvalue weighted by Gasteiger charge is -2.29. The lowest BCUT2D eigenvalue weighted by Crippen LogP contribution is -2.37. The lowest BCUT2D eigenvalue weighted by molar-refractivity contribution is -0.0977. The van der Waals surface area contributed by atoms with Crippen LogP contribution in [-0.2, 0) is 9.47 Å². The number of hydrogen-bond acceptors (Lipinski definition) is 5. The lowest BCUT2D eigenvalue weighted by atomic mass is 10.0. The monoisotopic (exact) mass is 253 g/mol. The summed E-state index contributed by atoms with van der Waals surface area (Å²) >= 11 is 0. The Morgan fingerprint density at radius 3 is 2.72 bits per heavy atom. The zero-order chi connectivity index (χ0) is 13.0. The third kappa shape index (κ3) is 2.75. The van der Waals surface area contributed by atoms with Crippen molar-refractivity contribution in [3.05, 3.63) is 23.8 Å². The first-order chi connectivity index (χ1) is 8.76. The zero-order valence-corrected chi connectivity index (χ0v) is 10.7. The maximum absolute atomic E-state index is 6.21. The molecule has 0 amide bonds. The van der Waals surface area contributed by atoms with Crippen LogP contribution in [0.15, 0.2) is 18.2 Å². The maximum Gasteiger partial charge on any atom is 0.127 e. The summed E-state index contributed by atoms with van der Waals surface area (Å²) in [5.41, 5.74) is 7.11. The van der Waals surface area contributed by atoms with Gasteiger partial charge in [-0.2, -0.15) is 0 Å². The Bertz CT molecular complexity index is 391. The first-order valence-corrected chi connectivity index (χ1v) is 5.93. The highest BCUT2D eigenvalue weighted by Gasteiger charge is 2.25. The van der Waals surface area contributed by atoms with E-state index in [0.29, 0.717) is 25.6 Å². The van der Waals surface area contributed by atoms with E-state index >= 15 is 0 Å². The molecule has 0 bridgehead atoms. The molecule has 100 valence electrons. The summed E-state index contributed by atoms with van der Waals surface area (Å²) in [5.74, 6) is 1.44. The quantitative estimate of drug-likeness (QED) is 0.871. The van der Waals surface area contributed by atoms with Crippen molar-refractivity contribution in [2.24, 2.45) is 5.73 Å². The number of methoxy groups -OCH3 is 2. The highest BCUT2D eigenvalue weighted by Crippen LogP contribution is 2.31. The molecule has 1 aliphatic rings. The Labute approximate surface area is 107 Å². The van der Waals surface area contributed by atoms with Crippen LogP contribution in [0.5, 0.6) is 11.5 Å². The van der Waals surface area contributed by atoms with E-state index in [-0.39, 0.29) is 12.1 Å². The van der Waals surface area contributed by atoms with Crippen LogP contribution < -0.4 is 15.2 Å². The predicted molar refractivity (Wildman–Crippen MR) is 67.0 cm³/mol. The number of hydrogen-bond donors (Lipinski definition) is 1. The van der Waals surface area contributed by atoms with Gasteiger partial charge in [0.1, 0.15) is 17.6 Å². The van der Waals surface area contributed by atoms with Gasteiger partial charge in [0.05, 0.1) is 40.1 Å². The fraction of sp³-hybridized carbons (Fsp3) is 0.538. The molecule has 1 fully saturated rings. The second-order valence-electron chi connectivity index (χ2n) is 4.12. The summed E-state index contributed by atoms with van der Waals surface area (Å²) in [6, 6.07) is 5.31. The van der Waals surface area contributed by atoms with Crippen molar-refractivity contribution >= 4 is 0 Å². The largest absolute Gasteiger partial charge is 0.497 e. The molecule has 1 saturated heterocycles. The normalized spacial score (nSPS) is 21.4. The second kappa shape index (κ2) is 6.04. The molecule has 18 heavy (non-hydrogen) atoms. The van der Waals surface area contributed by atoms with Crippen LogP contribution in [0.1, 0.15) is 11.6 Å². The van der Waals surface area contributed by atoms with Gasteiger partial charge in [-0.3, -0.25) is 0 Å². The summed E-state index contributed by atoms with van der Waals surface area (Å²) in [7, 11) is 3.23. The van der Waals surface area contributed by atoms with Gasteiger partial charge in [-0.25, -0.2) is 0 Å². The van der Waals surface area contributed by atoms with E-state index in [4.69, 9.17) is 24.7 Å². The number of benzene rings is 1. The van der Waals surface area contributed by atoms with Crippen molar-refractivity contribution in [2.45, 2.75) is 12.1 Å². The third-order valence-electron chi connectivity index (χ3n) is 3.04. The van der Waals surface area contributed by atoms with Gasteiger partial charge in [0.25, 0.3) is 0 Å². The Kier molecular flexibility index (Phi) is 4.41. The standard InChI is InChI=1S/C13H19NO4/c1-15-9-3-4-10(11(7-9)16-2)13(14)12-8-17-5-6-18-12/h3-4,7,12-13H,5-6,8,14H2,1-2H3. The van der Waals surface area contributed by atoms with Gasteiger partial charge in [0, 0.05) is 11.6 Å². The minimum atomic E-state index is -0.272. The molecule has 2 unspecified atom stereocenters. The molecule has 5 nitrogen and oxygen atoms in total. The van der Waals surface area contributed by atoms with Gasteiger partial charge >= 0.3 is 0 Å². The third-order valence-corrected chi connectivity index (χ3v) is 3.04. The minimum Gasteiger partial charge on any atom is -0.497 e. The first kappa shape index (κ1) is 13.1. The molecule has 2 atom stereocenters. The molecule has 2 rings (SSSR count). The summed E-state index contributed by atoms with van der Waals surface area (Å²) in [5, 5.41) is 0. The fourth-order valence-electron chi connectivity index (χ4n) is 2.01. The van der Waals surface area contributed by atoms with Crippen LogP contribution in [0.25, 0.3) is 0 Å². The molecule has 1 heterocycles. The fourth-order valence-corrected chi connectivity index (χ4v) is 2.01. The van der Waals surface area contributed by atoms with Crippen molar-refractivity contribution in [3.63, 3.8) is 0 Å². The number of ether oxygens (including phenoxy) is 4. The number of rotatable bonds is 4. The molecule has 2 N–H and O–H groups in total. The van der Waals surface area contributed by atoms with Gasteiger partial charge in [-0.1, -0.05) is 0 Å². The Morgan fingerprint density at radius 2 is 2.11 bits per heavy atom. The van der Waals surface area contributed by atoms with E-state index in [1.807, 2.05) is 18.2 Å². The zero-order valence-electron chi connectivity index (χ0n) is 10.7. The maximum atomic E-state index is 6.21. The molecule has 0 radical (unpaired) electrons. The summed E-state index contributed by atoms with van der Waals surface area (Å²) in [6.45, 7) is 1.72. The summed E-state index contributed by atoms with van der Waals surface area (Å²) in [6.07, 6.45) is -0.138. The van der Waals surface area contributed by atoms with Gasteiger partial charge in [0.15, 0.2) is 0 Å². The Hall–Kier alpha value is -1.30. The molecule has 1 aromatic rings. The molecule has 0 aromatic heterocycles. The molecule has 1 aromatic carbocycles. The van der Waals surface area contributed by atoms with Crippen LogP contribution in [0.2, 0.25) is 0 Å². The van der Waals surface area contributed by atoms with E-state index in [0.717, 1.165) is 11.3 Å². The number of nitrogens with two attached hydrogens (primary N) is 1. The molecule has 0 aliphatic carbocycles. The van der Waals surface area contributed by atoms with Crippen LogP contribution in [0.3, 0.4) is 0 Å². The average Bonchev–Trinajstić information content (AvgIpc) is 2.46.